The van der Waals surface area contributed by atoms with Crippen molar-refractivity contribution in [2.24, 2.45) is 0 Å². The van der Waals surface area contributed by atoms with Crippen molar-refractivity contribution in [1.29, 1.82) is 0 Å². The quantitative estimate of drug-likeness (QED) is 0.773. The Labute approximate surface area is 154 Å². The number of likely N-dealkylation sites (tertiary alicyclic amines) is 1. The Morgan fingerprint density at radius 1 is 1.19 bits per heavy atom. The number of benzene rings is 1. The van der Waals surface area contributed by atoms with Crippen molar-refractivity contribution < 1.29 is 14.3 Å². The van der Waals surface area contributed by atoms with E-state index in [2.05, 4.69) is 10.3 Å². The average Bonchev–Trinajstić information content (AvgIpc) is 3.19. The van der Waals surface area contributed by atoms with Crippen LogP contribution in [-0.2, 0) is 0 Å². The Hall–Kier alpha value is -2.76. The molecule has 138 valence electrons. The highest BCUT2D eigenvalue weighted by Crippen LogP contribution is 2.31. The molecule has 6 nitrogen and oxygen atoms in total. The van der Waals surface area contributed by atoms with Crippen LogP contribution in [0.2, 0.25) is 0 Å². The summed E-state index contributed by atoms with van der Waals surface area (Å²) in [5, 5.41) is 3.00. The highest BCUT2D eigenvalue weighted by atomic mass is 16.5. The highest BCUT2D eigenvalue weighted by molar-refractivity contribution is 5.75. The van der Waals surface area contributed by atoms with Crippen LogP contribution in [0.15, 0.2) is 48.8 Å². The maximum atomic E-state index is 12.5. The second kappa shape index (κ2) is 9.08. The van der Waals surface area contributed by atoms with E-state index < -0.39 is 0 Å². The molecule has 0 saturated carbocycles. The first-order valence-corrected chi connectivity index (χ1v) is 8.99. The van der Waals surface area contributed by atoms with Gasteiger partial charge in [0.05, 0.1) is 19.8 Å². The number of hydrogen-bond acceptors (Lipinski definition) is 4. The van der Waals surface area contributed by atoms with Crippen LogP contribution in [0.5, 0.6) is 11.5 Å². The van der Waals surface area contributed by atoms with Gasteiger partial charge in [0.2, 0.25) is 0 Å². The first-order valence-electron chi connectivity index (χ1n) is 8.99. The fourth-order valence-corrected chi connectivity index (χ4v) is 3.17. The molecule has 1 fully saturated rings. The second-order valence-electron chi connectivity index (χ2n) is 6.24. The monoisotopic (exact) mass is 355 g/mol. The van der Waals surface area contributed by atoms with Gasteiger partial charge in [-0.2, -0.15) is 0 Å². The van der Waals surface area contributed by atoms with E-state index in [1.165, 1.54) is 0 Å². The molecule has 1 aliphatic rings. The van der Waals surface area contributed by atoms with Crippen molar-refractivity contribution in [3.05, 3.63) is 54.4 Å². The smallest absolute Gasteiger partial charge is 0.317 e. The van der Waals surface area contributed by atoms with Gasteiger partial charge in [0.25, 0.3) is 0 Å². The molecule has 3 rings (SSSR count). The number of ether oxygens (including phenoxy) is 2. The largest absolute Gasteiger partial charge is 0.497 e. The van der Waals surface area contributed by atoms with Crippen molar-refractivity contribution in [1.82, 2.24) is 15.2 Å². The zero-order chi connectivity index (χ0) is 18.2. The zero-order valence-electron chi connectivity index (χ0n) is 15.1. The molecule has 0 spiro atoms. The lowest BCUT2D eigenvalue weighted by Gasteiger charge is -2.25. The standard InChI is InChI=1S/C20H25N3O3/c1-25-17-5-7-18(8-6-17)26-15-3-11-22-20(24)23-14-2-4-19(23)16-9-12-21-13-10-16/h5-10,12-13,19H,2-4,11,14-15H2,1H3,(H,22,24)/t19-/m0/s1. The minimum atomic E-state index is -0.00578. The Kier molecular flexibility index (Phi) is 6.30. The molecule has 1 atom stereocenters. The van der Waals surface area contributed by atoms with E-state index in [0.717, 1.165) is 42.9 Å². The number of aromatic nitrogens is 1. The number of hydrogen-bond donors (Lipinski definition) is 1. The third-order valence-corrected chi connectivity index (χ3v) is 4.53. The molecule has 0 radical (unpaired) electrons. The number of nitrogens with one attached hydrogen (secondary N) is 1. The predicted octanol–water partition coefficient (Wildman–Crippen LogP) is 3.41. The van der Waals surface area contributed by atoms with Crippen LogP contribution in [-0.4, -0.2) is 42.7 Å². The molecule has 1 aromatic carbocycles. The molecule has 1 saturated heterocycles. The number of amides is 2. The third-order valence-electron chi connectivity index (χ3n) is 4.53. The van der Waals surface area contributed by atoms with Gasteiger partial charge in [-0.25, -0.2) is 4.79 Å². The van der Waals surface area contributed by atoms with E-state index in [1.54, 1.807) is 19.5 Å². The number of urea groups is 1. The van der Waals surface area contributed by atoms with E-state index in [0.29, 0.717) is 13.2 Å². The van der Waals surface area contributed by atoms with Gasteiger partial charge in [-0.3, -0.25) is 4.98 Å². The Morgan fingerprint density at radius 2 is 1.92 bits per heavy atom. The van der Waals surface area contributed by atoms with Crippen LogP contribution in [0.3, 0.4) is 0 Å². The Morgan fingerprint density at radius 3 is 2.65 bits per heavy atom. The number of pyridine rings is 1. The van der Waals surface area contributed by atoms with E-state index >= 15 is 0 Å². The summed E-state index contributed by atoms with van der Waals surface area (Å²) in [7, 11) is 1.64. The van der Waals surface area contributed by atoms with Gasteiger partial charge in [-0.05, 0) is 61.2 Å². The lowest BCUT2D eigenvalue weighted by atomic mass is 10.1. The average molecular weight is 355 g/mol. The minimum absolute atomic E-state index is 0.00578. The van der Waals surface area contributed by atoms with Gasteiger partial charge >= 0.3 is 6.03 Å². The summed E-state index contributed by atoms with van der Waals surface area (Å²) < 4.78 is 10.8. The Balaban J connectivity index is 1.39. The fraction of sp³-hybridized carbons (Fsp3) is 0.400. The molecule has 0 unspecified atom stereocenters. The summed E-state index contributed by atoms with van der Waals surface area (Å²) in [4.78, 5) is 18.4. The summed E-state index contributed by atoms with van der Waals surface area (Å²) in [5.74, 6) is 1.60. The summed E-state index contributed by atoms with van der Waals surface area (Å²) in [6.07, 6.45) is 6.34. The molecular formula is C20H25N3O3. The highest BCUT2D eigenvalue weighted by Gasteiger charge is 2.29. The van der Waals surface area contributed by atoms with Crippen molar-refractivity contribution >= 4 is 6.03 Å². The van der Waals surface area contributed by atoms with Crippen LogP contribution >= 0.6 is 0 Å². The number of rotatable bonds is 7. The maximum Gasteiger partial charge on any atom is 0.317 e. The van der Waals surface area contributed by atoms with Crippen LogP contribution in [0.25, 0.3) is 0 Å². The van der Waals surface area contributed by atoms with Gasteiger partial charge in [-0.15, -0.1) is 0 Å². The molecule has 1 N–H and O–H groups in total. The van der Waals surface area contributed by atoms with E-state index in [-0.39, 0.29) is 12.1 Å². The molecule has 0 aliphatic carbocycles. The summed E-state index contributed by atoms with van der Waals surface area (Å²) in [6.45, 7) is 1.94. The molecule has 2 aromatic rings. The Bertz CT molecular complexity index is 691. The molecule has 6 heteroatoms. The molecule has 0 bridgehead atoms. The van der Waals surface area contributed by atoms with Crippen molar-refractivity contribution in [3.63, 3.8) is 0 Å². The van der Waals surface area contributed by atoms with E-state index in [4.69, 9.17) is 9.47 Å². The lowest BCUT2D eigenvalue weighted by Crippen LogP contribution is -2.40. The molecular weight excluding hydrogens is 330 g/mol. The third kappa shape index (κ3) is 4.65. The lowest BCUT2D eigenvalue weighted by molar-refractivity contribution is 0.192. The molecule has 1 aromatic heterocycles. The van der Waals surface area contributed by atoms with Crippen LogP contribution in [0, 0.1) is 0 Å². The summed E-state index contributed by atoms with van der Waals surface area (Å²) in [5.41, 5.74) is 1.15. The first kappa shape index (κ1) is 18.0. The fourth-order valence-electron chi connectivity index (χ4n) is 3.17. The topological polar surface area (TPSA) is 63.7 Å². The molecule has 2 amide bonds. The first-order chi connectivity index (χ1) is 12.8. The maximum absolute atomic E-state index is 12.5. The van der Waals surface area contributed by atoms with Crippen molar-refractivity contribution in [2.45, 2.75) is 25.3 Å². The number of methoxy groups -OCH3 is 1. The normalized spacial score (nSPS) is 16.3. The van der Waals surface area contributed by atoms with Gasteiger partial charge in [0.1, 0.15) is 11.5 Å². The van der Waals surface area contributed by atoms with E-state index in [1.807, 2.05) is 41.3 Å². The molecule has 2 heterocycles. The van der Waals surface area contributed by atoms with Gasteiger partial charge in [0, 0.05) is 25.5 Å². The predicted molar refractivity (Wildman–Crippen MR) is 99.4 cm³/mol. The van der Waals surface area contributed by atoms with E-state index in [9.17, 15) is 4.79 Å². The van der Waals surface area contributed by atoms with Gasteiger partial charge in [0.15, 0.2) is 0 Å². The zero-order valence-corrected chi connectivity index (χ0v) is 15.1. The van der Waals surface area contributed by atoms with Crippen molar-refractivity contribution in [2.75, 3.05) is 26.8 Å². The number of nitrogens with zero attached hydrogens (tertiary/aromatic N) is 2. The minimum Gasteiger partial charge on any atom is -0.497 e. The van der Waals surface area contributed by atoms with Crippen LogP contribution < -0.4 is 14.8 Å². The molecule has 1 aliphatic heterocycles. The van der Waals surface area contributed by atoms with Crippen LogP contribution in [0.4, 0.5) is 4.79 Å². The van der Waals surface area contributed by atoms with Gasteiger partial charge in [-0.1, -0.05) is 0 Å². The van der Waals surface area contributed by atoms with Gasteiger partial charge < -0.3 is 19.7 Å². The van der Waals surface area contributed by atoms with Crippen molar-refractivity contribution in [3.8, 4) is 11.5 Å². The summed E-state index contributed by atoms with van der Waals surface area (Å²) >= 11 is 0. The molecule has 26 heavy (non-hydrogen) atoms. The summed E-state index contributed by atoms with van der Waals surface area (Å²) in [6, 6.07) is 11.6. The number of carbonyl (C=O) groups is 1. The number of carbonyl (C=O) groups excluding carboxylic acids is 1. The van der Waals surface area contributed by atoms with Crippen LogP contribution in [0.1, 0.15) is 30.9 Å². The SMILES string of the molecule is COc1ccc(OCCCNC(=O)N2CCC[C@H]2c2ccncc2)cc1. The second-order valence-corrected chi connectivity index (χ2v) is 6.24.